The van der Waals surface area contributed by atoms with Gasteiger partial charge in [0.1, 0.15) is 0 Å². The van der Waals surface area contributed by atoms with Gasteiger partial charge in [0.15, 0.2) is 5.78 Å². The highest BCUT2D eigenvalue weighted by Gasteiger charge is 2.27. The maximum Gasteiger partial charge on any atom is 0.320 e. The van der Waals surface area contributed by atoms with E-state index in [4.69, 9.17) is 10.00 Å². The van der Waals surface area contributed by atoms with E-state index in [9.17, 15) is 9.59 Å². The highest BCUT2D eigenvalue weighted by atomic mass is 16.5. The fraction of sp³-hybridized carbons (Fsp3) is 0.500. The van der Waals surface area contributed by atoms with Crippen LogP contribution in [-0.2, 0) is 4.74 Å². The number of nitrogens with zero attached hydrogens (tertiary/aromatic N) is 4. The molecule has 7 nitrogen and oxygen atoms in total. The minimum absolute atomic E-state index is 0.0219. The van der Waals surface area contributed by atoms with E-state index in [-0.39, 0.29) is 11.8 Å². The van der Waals surface area contributed by atoms with E-state index in [2.05, 4.69) is 11.0 Å². The first-order valence-corrected chi connectivity index (χ1v) is 8.52. The van der Waals surface area contributed by atoms with Gasteiger partial charge in [-0.1, -0.05) is 0 Å². The summed E-state index contributed by atoms with van der Waals surface area (Å²) >= 11 is 0. The Kier molecular flexibility index (Phi) is 5.19. The monoisotopic (exact) mass is 342 g/mol. The number of benzene rings is 1. The van der Waals surface area contributed by atoms with Crippen molar-refractivity contribution >= 4 is 17.5 Å². The number of ketones is 1. The van der Waals surface area contributed by atoms with E-state index >= 15 is 0 Å². The number of carbonyl (C=O) groups excluding carboxylic acids is 2. The Labute approximate surface area is 147 Å². The molecule has 1 aromatic rings. The lowest BCUT2D eigenvalue weighted by molar-refractivity contribution is 0.0428. The van der Waals surface area contributed by atoms with E-state index < -0.39 is 0 Å². The van der Waals surface area contributed by atoms with Crippen LogP contribution in [0.3, 0.4) is 0 Å². The average molecular weight is 342 g/mol. The largest absolute Gasteiger partial charge is 0.378 e. The third kappa shape index (κ3) is 3.74. The molecule has 7 heteroatoms. The number of piperazine rings is 1. The lowest BCUT2D eigenvalue weighted by atomic mass is 10.0. The summed E-state index contributed by atoms with van der Waals surface area (Å²) in [6, 6.07) is 7.31. The number of Topliss-reactive ketones (excluding diaryl/α,β-unsaturated/α-hetero) is 1. The second kappa shape index (κ2) is 7.53. The molecule has 3 rings (SSSR count). The Balaban J connectivity index is 1.69. The van der Waals surface area contributed by atoms with E-state index in [1.807, 2.05) is 9.80 Å². The van der Waals surface area contributed by atoms with Crippen LogP contribution in [0.4, 0.5) is 10.5 Å². The number of hydrogen-bond donors (Lipinski definition) is 0. The number of ether oxygens (including phenoxy) is 1. The van der Waals surface area contributed by atoms with Gasteiger partial charge in [0.25, 0.3) is 0 Å². The van der Waals surface area contributed by atoms with Gasteiger partial charge in [0.2, 0.25) is 0 Å². The van der Waals surface area contributed by atoms with E-state index in [1.165, 1.54) is 6.92 Å². The summed E-state index contributed by atoms with van der Waals surface area (Å²) in [5, 5.41) is 9.13. The molecule has 2 heterocycles. The average Bonchev–Trinajstić information content (AvgIpc) is 2.67. The minimum atomic E-state index is -0.0219. The predicted octanol–water partition coefficient (Wildman–Crippen LogP) is 1.34. The van der Waals surface area contributed by atoms with Crippen LogP contribution in [0.5, 0.6) is 0 Å². The van der Waals surface area contributed by atoms with Crippen molar-refractivity contribution in [3.8, 4) is 6.07 Å². The van der Waals surface area contributed by atoms with Crippen LogP contribution in [0, 0.1) is 11.3 Å². The zero-order chi connectivity index (χ0) is 17.8. The zero-order valence-corrected chi connectivity index (χ0v) is 14.4. The molecule has 132 valence electrons. The lowest BCUT2D eigenvalue weighted by Crippen LogP contribution is -2.55. The molecule has 0 radical (unpaired) electrons. The van der Waals surface area contributed by atoms with Crippen LogP contribution >= 0.6 is 0 Å². The van der Waals surface area contributed by atoms with E-state index in [0.717, 1.165) is 5.69 Å². The summed E-state index contributed by atoms with van der Waals surface area (Å²) in [5.74, 6) is -0.0219. The number of hydrogen-bond acceptors (Lipinski definition) is 5. The smallest absolute Gasteiger partial charge is 0.320 e. The topological polar surface area (TPSA) is 76.9 Å². The van der Waals surface area contributed by atoms with Crippen LogP contribution in [0.1, 0.15) is 22.8 Å². The van der Waals surface area contributed by atoms with Crippen LogP contribution in [0.2, 0.25) is 0 Å². The van der Waals surface area contributed by atoms with Gasteiger partial charge in [-0.05, 0) is 25.1 Å². The van der Waals surface area contributed by atoms with Crippen LogP contribution < -0.4 is 4.90 Å². The van der Waals surface area contributed by atoms with Crippen molar-refractivity contribution in [2.75, 3.05) is 57.4 Å². The quantitative estimate of drug-likeness (QED) is 0.758. The summed E-state index contributed by atoms with van der Waals surface area (Å²) in [5.41, 5.74) is 1.93. The molecule has 2 aliphatic rings. The standard InChI is InChI=1S/C18H22N4O3/c1-14(23)16-3-2-15(13-19)12-17(16)20-4-6-21(7-5-20)18(24)22-8-10-25-11-9-22/h2-3,12H,4-11H2,1H3. The SMILES string of the molecule is CC(=O)c1ccc(C#N)cc1N1CCN(C(=O)N2CCOCC2)CC1. The fourth-order valence-electron chi connectivity index (χ4n) is 3.25. The Bertz CT molecular complexity index is 699. The van der Waals surface area contributed by atoms with Gasteiger partial charge >= 0.3 is 6.03 Å². The predicted molar refractivity (Wildman–Crippen MR) is 92.7 cm³/mol. The molecule has 2 aliphatic heterocycles. The maximum absolute atomic E-state index is 12.6. The number of rotatable bonds is 2. The first-order chi connectivity index (χ1) is 12.1. The molecule has 0 saturated carbocycles. The first kappa shape index (κ1) is 17.2. The molecule has 2 saturated heterocycles. The summed E-state index contributed by atoms with van der Waals surface area (Å²) < 4.78 is 5.29. The number of nitriles is 1. The van der Waals surface area contributed by atoms with Crippen molar-refractivity contribution in [2.24, 2.45) is 0 Å². The van der Waals surface area contributed by atoms with Crippen molar-refractivity contribution < 1.29 is 14.3 Å². The van der Waals surface area contributed by atoms with Gasteiger partial charge in [-0.3, -0.25) is 4.79 Å². The Hall–Kier alpha value is -2.59. The second-order valence-corrected chi connectivity index (χ2v) is 6.26. The molecule has 1 aromatic carbocycles. The molecule has 25 heavy (non-hydrogen) atoms. The number of urea groups is 1. The number of amides is 2. The molecule has 0 bridgehead atoms. The number of carbonyl (C=O) groups is 2. The molecule has 0 atom stereocenters. The highest BCUT2D eigenvalue weighted by molar-refractivity contribution is 6.00. The summed E-state index contributed by atoms with van der Waals surface area (Å²) in [7, 11) is 0. The van der Waals surface area contributed by atoms with Gasteiger partial charge in [0, 0.05) is 50.5 Å². The van der Waals surface area contributed by atoms with Gasteiger partial charge in [0.05, 0.1) is 24.8 Å². The Morgan fingerprint density at radius 3 is 2.28 bits per heavy atom. The summed E-state index contributed by atoms with van der Waals surface area (Å²) in [6.07, 6.45) is 0. The third-order valence-electron chi connectivity index (χ3n) is 4.68. The molecule has 2 fully saturated rings. The van der Waals surface area contributed by atoms with E-state index in [0.29, 0.717) is 63.6 Å². The molecule has 0 N–H and O–H groups in total. The maximum atomic E-state index is 12.6. The molecule has 0 aromatic heterocycles. The van der Waals surface area contributed by atoms with Gasteiger partial charge in [-0.15, -0.1) is 0 Å². The van der Waals surface area contributed by atoms with Crippen molar-refractivity contribution in [2.45, 2.75) is 6.92 Å². The van der Waals surface area contributed by atoms with E-state index in [1.54, 1.807) is 18.2 Å². The molecule has 0 unspecified atom stereocenters. The molecular formula is C18H22N4O3. The van der Waals surface area contributed by atoms with Gasteiger partial charge in [-0.25, -0.2) is 4.79 Å². The van der Waals surface area contributed by atoms with Crippen molar-refractivity contribution in [3.63, 3.8) is 0 Å². The number of morpholine rings is 1. The molecule has 0 spiro atoms. The molecule has 2 amide bonds. The van der Waals surface area contributed by atoms with Crippen molar-refractivity contribution in [3.05, 3.63) is 29.3 Å². The number of anilines is 1. The summed E-state index contributed by atoms with van der Waals surface area (Å²) in [6.45, 7) is 6.48. The molecule has 0 aliphatic carbocycles. The zero-order valence-electron chi connectivity index (χ0n) is 14.4. The summed E-state index contributed by atoms with van der Waals surface area (Å²) in [4.78, 5) is 30.2. The lowest BCUT2D eigenvalue weighted by Gasteiger charge is -2.39. The van der Waals surface area contributed by atoms with Crippen molar-refractivity contribution in [1.29, 1.82) is 5.26 Å². The minimum Gasteiger partial charge on any atom is -0.378 e. The van der Waals surface area contributed by atoms with Crippen LogP contribution in [0.15, 0.2) is 18.2 Å². The van der Waals surface area contributed by atoms with Crippen LogP contribution in [0.25, 0.3) is 0 Å². The van der Waals surface area contributed by atoms with Crippen molar-refractivity contribution in [1.82, 2.24) is 9.80 Å². The first-order valence-electron chi connectivity index (χ1n) is 8.52. The second-order valence-electron chi connectivity index (χ2n) is 6.26. The highest BCUT2D eigenvalue weighted by Crippen LogP contribution is 2.24. The normalized spacial score (nSPS) is 18.0. The van der Waals surface area contributed by atoms with Gasteiger partial charge in [-0.2, -0.15) is 5.26 Å². The Morgan fingerprint density at radius 1 is 1.04 bits per heavy atom. The van der Waals surface area contributed by atoms with Crippen LogP contribution in [-0.4, -0.2) is 74.1 Å². The Morgan fingerprint density at radius 2 is 1.68 bits per heavy atom. The fourth-order valence-corrected chi connectivity index (χ4v) is 3.25. The molecular weight excluding hydrogens is 320 g/mol. The third-order valence-corrected chi connectivity index (χ3v) is 4.68. The van der Waals surface area contributed by atoms with Gasteiger partial charge < -0.3 is 19.4 Å².